The van der Waals surface area contributed by atoms with E-state index in [1.807, 2.05) is 12.1 Å². The zero-order valence-electron chi connectivity index (χ0n) is 9.98. The molecule has 1 atom stereocenters. The first-order chi connectivity index (χ1) is 8.29. The van der Waals surface area contributed by atoms with E-state index in [9.17, 15) is 0 Å². The summed E-state index contributed by atoms with van der Waals surface area (Å²) in [5.41, 5.74) is 8.38. The third kappa shape index (κ3) is 3.21. The highest BCUT2D eigenvalue weighted by atomic mass is 16.5. The van der Waals surface area contributed by atoms with Crippen molar-refractivity contribution in [3.8, 4) is 11.8 Å². The summed E-state index contributed by atoms with van der Waals surface area (Å²) in [6.45, 7) is 0.507. The van der Waals surface area contributed by atoms with Crippen molar-refractivity contribution in [3.63, 3.8) is 0 Å². The number of hydrogen-bond acceptors (Lipinski definition) is 3. The van der Waals surface area contributed by atoms with E-state index in [4.69, 9.17) is 15.7 Å². The minimum Gasteiger partial charge on any atom is -0.493 e. The molecule has 0 aromatic heterocycles. The first kappa shape index (κ1) is 11.9. The third-order valence-electron chi connectivity index (χ3n) is 3.18. The predicted molar refractivity (Wildman–Crippen MR) is 66.8 cm³/mol. The van der Waals surface area contributed by atoms with Crippen molar-refractivity contribution in [2.45, 2.75) is 38.1 Å². The molecule has 0 fully saturated rings. The fourth-order valence-corrected chi connectivity index (χ4v) is 2.17. The summed E-state index contributed by atoms with van der Waals surface area (Å²) in [6.07, 6.45) is 5.49. The Morgan fingerprint density at radius 3 is 2.82 bits per heavy atom. The molecule has 17 heavy (non-hydrogen) atoms. The van der Waals surface area contributed by atoms with Gasteiger partial charge in [0.15, 0.2) is 0 Å². The highest BCUT2D eigenvalue weighted by Crippen LogP contribution is 2.25. The Morgan fingerprint density at radius 2 is 2.06 bits per heavy atom. The van der Waals surface area contributed by atoms with Crippen LogP contribution in [0.5, 0.6) is 5.75 Å². The van der Waals surface area contributed by atoms with Crippen LogP contribution in [0.15, 0.2) is 18.2 Å². The Kier molecular flexibility index (Phi) is 4.00. The molecule has 3 heteroatoms. The van der Waals surface area contributed by atoms with E-state index in [0.717, 1.165) is 12.2 Å². The molecule has 1 unspecified atom stereocenters. The van der Waals surface area contributed by atoms with Crippen LogP contribution in [0.4, 0.5) is 0 Å². The molecule has 0 amide bonds. The molecule has 1 aliphatic rings. The molecule has 90 valence electrons. The lowest BCUT2D eigenvalue weighted by Crippen LogP contribution is -2.20. The van der Waals surface area contributed by atoms with Gasteiger partial charge in [-0.25, -0.2) is 0 Å². The molecular formula is C14H18N2O. The lowest BCUT2D eigenvalue weighted by Gasteiger charge is -2.16. The molecule has 0 bridgehead atoms. The van der Waals surface area contributed by atoms with Gasteiger partial charge in [-0.3, -0.25) is 0 Å². The van der Waals surface area contributed by atoms with Gasteiger partial charge in [-0.1, -0.05) is 6.07 Å². The number of nitrogens with two attached hydrogens (primary N) is 1. The molecule has 0 saturated heterocycles. The highest BCUT2D eigenvalue weighted by molar-refractivity contribution is 5.37. The van der Waals surface area contributed by atoms with Gasteiger partial charge in [0.05, 0.1) is 18.7 Å². The van der Waals surface area contributed by atoms with Gasteiger partial charge in [-0.2, -0.15) is 5.26 Å². The van der Waals surface area contributed by atoms with Crippen LogP contribution in [0.25, 0.3) is 0 Å². The average molecular weight is 230 g/mol. The molecule has 1 aromatic rings. The van der Waals surface area contributed by atoms with Crippen LogP contribution in [-0.2, 0) is 12.8 Å². The minimum atomic E-state index is -0.423. The summed E-state index contributed by atoms with van der Waals surface area (Å²) in [4.78, 5) is 0. The Bertz CT molecular complexity index is 423. The SMILES string of the molecule is N#CC(N)CCOc1ccc2c(c1)CCCC2. The lowest BCUT2D eigenvalue weighted by atomic mass is 9.92. The summed E-state index contributed by atoms with van der Waals surface area (Å²) in [5, 5.41) is 8.56. The van der Waals surface area contributed by atoms with Crippen LogP contribution in [0.1, 0.15) is 30.4 Å². The first-order valence-corrected chi connectivity index (χ1v) is 6.19. The van der Waals surface area contributed by atoms with E-state index in [1.54, 1.807) is 0 Å². The zero-order valence-corrected chi connectivity index (χ0v) is 9.98. The lowest BCUT2D eigenvalue weighted by molar-refractivity contribution is 0.305. The molecule has 3 nitrogen and oxygen atoms in total. The molecule has 0 heterocycles. The van der Waals surface area contributed by atoms with Crippen LogP contribution in [0, 0.1) is 11.3 Å². The summed E-state index contributed by atoms with van der Waals surface area (Å²) in [5.74, 6) is 0.899. The number of ether oxygens (including phenoxy) is 1. The number of nitriles is 1. The first-order valence-electron chi connectivity index (χ1n) is 6.19. The number of benzene rings is 1. The quantitative estimate of drug-likeness (QED) is 0.862. The number of fused-ring (bicyclic) bond motifs is 1. The van der Waals surface area contributed by atoms with Gasteiger partial charge < -0.3 is 10.5 Å². The summed E-state index contributed by atoms with van der Waals surface area (Å²) in [6, 6.07) is 7.88. The maximum atomic E-state index is 8.56. The van der Waals surface area contributed by atoms with Gasteiger partial charge in [-0.15, -0.1) is 0 Å². The van der Waals surface area contributed by atoms with Gasteiger partial charge in [0.1, 0.15) is 5.75 Å². The predicted octanol–water partition coefficient (Wildman–Crippen LogP) is 2.19. The van der Waals surface area contributed by atoms with Crippen molar-refractivity contribution in [3.05, 3.63) is 29.3 Å². The van der Waals surface area contributed by atoms with Crippen LogP contribution < -0.4 is 10.5 Å². The molecule has 2 N–H and O–H groups in total. The van der Waals surface area contributed by atoms with Crippen molar-refractivity contribution < 1.29 is 4.74 Å². The topological polar surface area (TPSA) is 59.0 Å². The Labute approximate surface area is 102 Å². The molecule has 0 radical (unpaired) electrons. The molecule has 0 spiro atoms. The van der Waals surface area contributed by atoms with Gasteiger partial charge in [0.25, 0.3) is 0 Å². The number of nitrogens with zero attached hydrogens (tertiary/aromatic N) is 1. The Balaban J connectivity index is 1.91. The van der Waals surface area contributed by atoms with Crippen molar-refractivity contribution in [1.82, 2.24) is 0 Å². The van der Waals surface area contributed by atoms with Crippen LogP contribution in [-0.4, -0.2) is 12.6 Å². The van der Waals surface area contributed by atoms with Gasteiger partial charge >= 0.3 is 0 Å². The maximum Gasteiger partial charge on any atom is 0.119 e. The van der Waals surface area contributed by atoms with E-state index >= 15 is 0 Å². The van der Waals surface area contributed by atoms with Crippen molar-refractivity contribution in [1.29, 1.82) is 5.26 Å². The van der Waals surface area contributed by atoms with Crippen LogP contribution >= 0.6 is 0 Å². The van der Waals surface area contributed by atoms with E-state index in [1.165, 1.54) is 30.4 Å². The largest absolute Gasteiger partial charge is 0.493 e. The Morgan fingerprint density at radius 1 is 1.29 bits per heavy atom. The van der Waals surface area contributed by atoms with Gasteiger partial charge in [0, 0.05) is 6.42 Å². The van der Waals surface area contributed by atoms with Crippen molar-refractivity contribution in [2.24, 2.45) is 5.73 Å². The van der Waals surface area contributed by atoms with Crippen molar-refractivity contribution in [2.75, 3.05) is 6.61 Å². The number of rotatable bonds is 4. The summed E-state index contributed by atoms with van der Waals surface area (Å²) < 4.78 is 5.61. The molecular weight excluding hydrogens is 212 g/mol. The van der Waals surface area contributed by atoms with Crippen LogP contribution in [0.3, 0.4) is 0 Å². The monoisotopic (exact) mass is 230 g/mol. The Hall–Kier alpha value is -1.53. The normalized spacial score (nSPS) is 15.8. The molecule has 0 aliphatic heterocycles. The fraction of sp³-hybridized carbons (Fsp3) is 0.500. The highest BCUT2D eigenvalue weighted by Gasteiger charge is 2.10. The molecule has 1 aromatic carbocycles. The fourth-order valence-electron chi connectivity index (χ4n) is 2.17. The van der Waals surface area contributed by atoms with Gasteiger partial charge in [0.2, 0.25) is 0 Å². The van der Waals surface area contributed by atoms with Crippen molar-refractivity contribution >= 4 is 0 Å². The molecule has 0 saturated carbocycles. The van der Waals surface area contributed by atoms with Crippen LogP contribution in [0.2, 0.25) is 0 Å². The standard InChI is InChI=1S/C14H18N2O/c15-10-13(16)7-8-17-14-6-5-11-3-1-2-4-12(11)9-14/h5-6,9,13H,1-4,7-8,16H2. The van der Waals surface area contributed by atoms with E-state index in [-0.39, 0.29) is 0 Å². The zero-order chi connectivity index (χ0) is 12.1. The average Bonchev–Trinajstić information content (AvgIpc) is 2.38. The number of aryl methyl sites for hydroxylation is 2. The van der Waals surface area contributed by atoms with Gasteiger partial charge in [-0.05, 0) is 48.9 Å². The second-order valence-electron chi connectivity index (χ2n) is 4.51. The molecule has 2 rings (SSSR count). The van der Waals surface area contributed by atoms with E-state index in [0.29, 0.717) is 13.0 Å². The van der Waals surface area contributed by atoms with E-state index < -0.39 is 6.04 Å². The smallest absolute Gasteiger partial charge is 0.119 e. The maximum absolute atomic E-state index is 8.56. The number of hydrogen-bond donors (Lipinski definition) is 1. The minimum absolute atomic E-state index is 0.423. The summed E-state index contributed by atoms with van der Waals surface area (Å²) >= 11 is 0. The second kappa shape index (κ2) is 5.70. The summed E-state index contributed by atoms with van der Waals surface area (Å²) in [7, 11) is 0. The van der Waals surface area contributed by atoms with E-state index in [2.05, 4.69) is 12.1 Å². The second-order valence-corrected chi connectivity index (χ2v) is 4.51. The molecule has 1 aliphatic carbocycles. The third-order valence-corrected chi connectivity index (χ3v) is 3.18.